The average Bonchev–Trinajstić information content (AvgIpc) is 2.86. The molecule has 1 aromatic heterocycles. The standard InChI is InChI=1S/C17H30INOS/c1-5-7-9-11-13-17(3,12-10-8-6-2)16-19-14(18)15(20-4)21-16/h5-13H2,1-4H3. The number of unbranched alkanes of at least 4 members (excludes halogenated alkanes) is 5. The van der Waals surface area contributed by atoms with Crippen LogP contribution in [0.25, 0.3) is 0 Å². The van der Waals surface area contributed by atoms with Gasteiger partial charge in [-0.2, -0.15) is 0 Å². The fourth-order valence-corrected chi connectivity index (χ4v) is 4.65. The van der Waals surface area contributed by atoms with Gasteiger partial charge in [-0.15, -0.1) is 0 Å². The van der Waals surface area contributed by atoms with Crippen molar-refractivity contribution in [1.82, 2.24) is 4.98 Å². The van der Waals surface area contributed by atoms with Gasteiger partial charge in [0.15, 0.2) is 3.70 Å². The minimum Gasteiger partial charge on any atom is -0.485 e. The molecule has 0 radical (unpaired) electrons. The lowest BCUT2D eigenvalue weighted by Crippen LogP contribution is -2.22. The maximum absolute atomic E-state index is 5.44. The maximum atomic E-state index is 5.44. The highest BCUT2D eigenvalue weighted by Crippen LogP contribution is 2.41. The Morgan fingerprint density at radius 3 is 2.14 bits per heavy atom. The van der Waals surface area contributed by atoms with Gasteiger partial charge in [-0.1, -0.05) is 77.1 Å². The lowest BCUT2D eigenvalue weighted by atomic mass is 9.80. The monoisotopic (exact) mass is 423 g/mol. The molecular weight excluding hydrogens is 393 g/mol. The number of aromatic nitrogens is 1. The van der Waals surface area contributed by atoms with Gasteiger partial charge in [0.05, 0.1) is 7.11 Å². The highest BCUT2D eigenvalue weighted by molar-refractivity contribution is 14.1. The van der Waals surface area contributed by atoms with E-state index in [9.17, 15) is 0 Å². The predicted octanol–water partition coefficient (Wildman–Crippen LogP) is 6.56. The van der Waals surface area contributed by atoms with E-state index in [-0.39, 0.29) is 5.41 Å². The number of ether oxygens (including phenoxy) is 1. The summed E-state index contributed by atoms with van der Waals surface area (Å²) in [5.74, 6) is 0. The van der Waals surface area contributed by atoms with Crippen molar-refractivity contribution in [2.24, 2.45) is 0 Å². The van der Waals surface area contributed by atoms with E-state index >= 15 is 0 Å². The molecule has 0 fully saturated rings. The first-order valence-electron chi connectivity index (χ1n) is 8.28. The molecule has 21 heavy (non-hydrogen) atoms. The van der Waals surface area contributed by atoms with Gasteiger partial charge in [0.2, 0.25) is 5.06 Å². The van der Waals surface area contributed by atoms with Crippen LogP contribution in [-0.2, 0) is 5.41 Å². The number of methoxy groups -OCH3 is 1. The molecule has 1 atom stereocenters. The second-order valence-electron chi connectivity index (χ2n) is 6.13. The maximum Gasteiger partial charge on any atom is 0.207 e. The number of hydrogen-bond donors (Lipinski definition) is 0. The van der Waals surface area contributed by atoms with E-state index in [1.54, 1.807) is 18.4 Å². The normalized spacial score (nSPS) is 14.1. The summed E-state index contributed by atoms with van der Waals surface area (Å²) in [7, 11) is 1.75. The SMILES string of the molecule is CCCCCCC(C)(CCCCC)c1nc(I)c(OC)s1. The third-order valence-electron chi connectivity index (χ3n) is 4.17. The Balaban J connectivity index is 2.77. The van der Waals surface area contributed by atoms with Crippen molar-refractivity contribution in [2.45, 2.75) is 84.0 Å². The summed E-state index contributed by atoms with van der Waals surface area (Å²) >= 11 is 4.04. The van der Waals surface area contributed by atoms with Crippen LogP contribution in [0.1, 0.15) is 83.6 Å². The molecule has 0 spiro atoms. The van der Waals surface area contributed by atoms with Crippen LogP contribution >= 0.6 is 33.9 Å². The number of rotatable bonds is 11. The highest BCUT2D eigenvalue weighted by Gasteiger charge is 2.30. The molecule has 122 valence electrons. The number of thiazole rings is 1. The highest BCUT2D eigenvalue weighted by atomic mass is 127. The lowest BCUT2D eigenvalue weighted by Gasteiger charge is -2.27. The fourth-order valence-electron chi connectivity index (χ4n) is 2.72. The Morgan fingerprint density at radius 2 is 1.62 bits per heavy atom. The largest absolute Gasteiger partial charge is 0.485 e. The molecule has 0 saturated carbocycles. The second-order valence-corrected chi connectivity index (χ2v) is 8.11. The van der Waals surface area contributed by atoms with Crippen molar-refractivity contribution in [2.75, 3.05) is 7.11 Å². The van der Waals surface area contributed by atoms with Gasteiger partial charge in [0.25, 0.3) is 0 Å². The zero-order valence-corrected chi connectivity index (χ0v) is 17.0. The summed E-state index contributed by atoms with van der Waals surface area (Å²) in [4.78, 5) is 4.81. The third-order valence-corrected chi connectivity index (χ3v) is 6.59. The summed E-state index contributed by atoms with van der Waals surface area (Å²) in [5.41, 5.74) is 0.226. The number of halogens is 1. The average molecular weight is 423 g/mol. The van der Waals surface area contributed by atoms with Gasteiger partial charge < -0.3 is 4.74 Å². The molecule has 0 aliphatic rings. The van der Waals surface area contributed by atoms with Gasteiger partial charge in [0, 0.05) is 5.41 Å². The molecule has 1 heterocycles. The smallest absolute Gasteiger partial charge is 0.207 e. The molecule has 4 heteroatoms. The molecular formula is C17H30INOS. The topological polar surface area (TPSA) is 22.1 Å². The van der Waals surface area contributed by atoms with E-state index in [1.165, 1.54) is 62.8 Å². The third kappa shape index (κ3) is 6.05. The molecule has 0 amide bonds. The van der Waals surface area contributed by atoms with Crippen molar-refractivity contribution in [3.63, 3.8) is 0 Å². The summed E-state index contributed by atoms with van der Waals surface area (Å²) < 4.78 is 6.46. The molecule has 2 nitrogen and oxygen atoms in total. The first kappa shape index (κ1) is 19.2. The number of nitrogens with zero attached hydrogens (tertiary/aromatic N) is 1. The van der Waals surface area contributed by atoms with Gasteiger partial charge >= 0.3 is 0 Å². The van der Waals surface area contributed by atoms with E-state index in [1.807, 2.05) is 0 Å². The molecule has 0 bridgehead atoms. The minimum absolute atomic E-state index is 0.226. The van der Waals surface area contributed by atoms with Crippen molar-refractivity contribution >= 4 is 33.9 Å². The van der Waals surface area contributed by atoms with E-state index in [0.717, 1.165) is 8.76 Å². The molecule has 0 N–H and O–H groups in total. The van der Waals surface area contributed by atoms with Gasteiger partial charge in [-0.25, -0.2) is 4.98 Å². The van der Waals surface area contributed by atoms with Gasteiger partial charge in [-0.3, -0.25) is 0 Å². The Bertz CT molecular complexity index is 407. The van der Waals surface area contributed by atoms with Crippen LogP contribution in [0.5, 0.6) is 5.06 Å². The molecule has 0 saturated heterocycles. The van der Waals surface area contributed by atoms with Crippen LogP contribution in [-0.4, -0.2) is 12.1 Å². The Kier molecular flexibility index (Phi) is 9.18. The first-order chi connectivity index (χ1) is 10.1. The van der Waals surface area contributed by atoms with Crippen LogP contribution in [0.3, 0.4) is 0 Å². The van der Waals surface area contributed by atoms with Crippen LogP contribution in [0.4, 0.5) is 0 Å². The molecule has 0 aliphatic carbocycles. The summed E-state index contributed by atoms with van der Waals surface area (Å²) in [6.45, 7) is 6.95. The Labute approximate surface area is 148 Å². The van der Waals surface area contributed by atoms with Gasteiger partial charge in [0.1, 0.15) is 5.01 Å². The molecule has 0 aromatic carbocycles. The van der Waals surface area contributed by atoms with Crippen LogP contribution in [0.15, 0.2) is 0 Å². The van der Waals surface area contributed by atoms with E-state index in [4.69, 9.17) is 9.72 Å². The van der Waals surface area contributed by atoms with Crippen molar-refractivity contribution in [1.29, 1.82) is 0 Å². The van der Waals surface area contributed by atoms with Gasteiger partial charge in [-0.05, 0) is 35.4 Å². The fraction of sp³-hybridized carbons (Fsp3) is 0.824. The summed E-state index contributed by atoms with van der Waals surface area (Å²) in [5, 5.41) is 2.25. The predicted molar refractivity (Wildman–Crippen MR) is 102 cm³/mol. The molecule has 1 unspecified atom stereocenters. The zero-order valence-electron chi connectivity index (χ0n) is 14.0. The Morgan fingerprint density at radius 1 is 1.05 bits per heavy atom. The zero-order chi connectivity index (χ0) is 15.7. The summed E-state index contributed by atoms with van der Waals surface area (Å²) in [6.07, 6.45) is 11.7. The number of hydrogen-bond acceptors (Lipinski definition) is 3. The van der Waals surface area contributed by atoms with Crippen LogP contribution in [0.2, 0.25) is 0 Å². The molecule has 0 aliphatic heterocycles. The minimum atomic E-state index is 0.226. The molecule has 1 rings (SSSR count). The van der Waals surface area contributed by atoms with E-state index in [2.05, 4.69) is 43.4 Å². The van der Waals surface area contributed by atoms with Crippen molar-refractivity contribution in [3.05, 3.63) is 8.71 Å². The van der Waals surface area contributed by atoms with Crippen LogP contribution < -0.4 is 4.74 Å². The van der Waals surface area contributed by atoms with Crippen molar-refractivity contribution in [3.8, 4) is 5.06 Å². The Hall–Kier alpha value is 0.160. The van der Waals surface area contributed by atoms with E-state index in [0.29, 0.717) is 0 Å². The van der Waals surface area contributed by atoms with Crippen molar-refractivity contribution < 1.29 is 4.74 Å². The first-order valence-corrected chi connectivity index (χ1v) is 10.2. The van der Waals surface area contributed by atoms with Crippen LogP contribution in [0, 0.1) is 3.70 Å². The summed E-state index contributed by atoms with van der Waals surface area (Å²) in [6, 6.07) is 0. The second kappa shape index (κ2) is 10.0. The molecule has 1 aromatic rings. The van der Waals surface area contributed by atoms with E-state index < -0.39 is 0 Å². The lowest BCUT2D eigenvalue weighted by molar-refractivity contribution is 0.364. The quantitative estimate of drug-likeness (QED) is 0.297.